The van der Waals surface area contributed by atoms with Crippen LogP contribution in [0.3, 0.4) is 0 Å². The van der Waals surface area contributed by atoms with E-state index in [9.17, 15) is 4.79 Å². The Morgan fingerprint density at radius 3 is 2.48 bits per heavy atom. The van der Waals surface area contributed by atoms with Gasteiger partial charge in [0.15, 0.2) is 6.61 Å². The highest BCUT2D eigenvalue weighted by atomic mass is 16.5. The summed E-state index contributed by atoms with van der Waals surface area (Å²) in [7, 11) is 0. The molecule has 1 amide bonds. The normalized spacial score (nSPS) is 12.3. The lowest BCUT2D eigenvalue weighted by atomic mass is 10.1. The van der Waals surface area contributed by atoms with Crippen molar-refractivity contribution in [1.82, 2.24) is 10.6 Å². The van der Waals surface area contributed by atoms with Crippen molar-refractivity contribution in [3.05, 3.63) is 29.8 Å². The number of ether oxygens (including phenoxy) is 1. The summed E-state index contributed by atoms with van der Waals surface area (Å²) in [5.74, 6) is 0.648. The zero-order chi connectivity index (χ0) is 15.9. The van der Waals surface area contributed by atoms with Gasteiger partial charge in [-0.25, -0.2) is 0 Å². The predicted molar refractivity (Wildman–Crippen MR) is 81.7 cm³/mol. The molecule has 1 unspecified atom stereocenters. The first-order valence-electron chi connectivity index (χ1n) is 6.96. The first kappa shape index (κ1) is 17.0. The summed E-state index contributed by atoms with van der Waals surface area (Å²) in [6.45, 7) is 8.34. The Labute approximate surface area is 126 Å². The van der Waals surface area contributed by atoms with Gasteiger partial charge in [0.1, 0.15) is 11.8 Å². The van der Waals surface area contributed by atoms with Gasteiger partial charge in [0.2, 0.25) is 5.91 Å². The number of carbonyl (C=O) groups is 1. The molecule has 0 aliphatic heterocycles. The highest BCUT2D eigenvalue weighted by Gasteiger charge is 2.18. The molecule has 5 heteroatoms. The largest absolute Gasteiger partial charge is 0.479 e. The average molecular weight is 289 g/mol. The molecule has 0 saturated carbocycles. The summed E-state index contributed by atoms with van der Waals surface area (Å²) in [4.78, 5) is 11.9. The molecule has 0 aromatic heterocycles. The van der Waals surface area contributed by atoms with Gasteiger partial charge >= 0.3 is 0 Å². The van der Waals surface area contributed by atoms with Crippen molar-refractivity contribution in [3.63, 3.8) is 0 Å². The van der Waals surface area contributed by atoms with Crippen molar-refractivity contribution in [2.24, 2.45) is 0 Å². The highest BCUT2D eigenvalue weighted by Crippen LogP contribution is 2.12. The van der Waals surface area contributed by atoms with Gasteiger partial charge in [-0.2, -0.15) is 5.26 Å². The van der Waals surface area contributed by atoms with E-state index in [2.05, 4.69) is 10.6 Å². The zero-order valence-electron chi connectivity index (χ0n) is 13.1. The molecule has 2 N–H and O–H groups in total. The molecule has 0 heterocycles. The van der Waals surface area contributed by atoms with Crippen LogP contribution in [-0.4, -0.2) is 24.1 Å². The minimum Gasteiger partial charge on any atom is -0.479 e. The molecule has 0 aliphatic carbocycles. The molecule has 21 heavy (non-hydrogen) atoms. The first-order chi connectivity index (χ1) is 9.81. The monoisotopic (exact) mass is 289 g/mol. The quantitative estimate of drug-likeness (QED) is 0.840. The third kappa shape index (κ3) is 6.77. The van der Waals surface area contributed by atoms with E-state index in [1.54, 1.807) is 0 Å². The SMILES string of the molecule is CC(NCc1ccc(OCC#N)cc1)C(=O)NC(C)(C)C. The number of benzene rings is 1. The van der Waals surface area contributed by atoms with Gasteiger partial charge in [-0.1, -0.05) is 12.1 Å². The molecule has 0 saturated heterocycles. The van der Waals surface area contributed by atoms with Gasteiger partial charge in [-0.3, -0.25) is 4.79 Å². The Kier molecular flexibility index (Phi) is 6.19. The average Bonchev–Trinajstić information content (AvgIpc) is 2.41. The Morgan fingerprint density at radius 1 is 1.33 bits per heavy atom. The van der Waals surface area contributed by atoms with Crippen LogP contribution < -0.4 is 15.4 Å². The molecule has 0 bridgehead atoms. The summed E-state index contributed by atoms with van der Waals surface area (Å²) in [6, 6.07) is 9.11. The van der Waals surface area contributed by atoms with E-state index < -0.39 is 0 Å². The van der Waals surface area contributed by atoms with E-state index in [0.29, 0.717) is 12.3 Å². The van der Waals surface area contributed by atoms with Crippen LogP contribution in [0.2, 0.25) is 0 Å². The Balaban J connectivity index is 2.44. The highest BCUT2D eigenvalue weighted by molar-refractivity contribution is 5.81. The van der Waals surface area contributed by atoms with Crippen LogP contribution in [0.4, 0.5) is 0 Å². The summed E-state index contributed by atoms with van der Waals surface area (Å²) in [5, 5.41) is 14.6. The third-order valence-corrected chi connectivity index (χ3v) is 2.73. The number of hydrogen-bond donors (Lipinski definition) is 2. The van der Waals surface area contributed by atoms with Gasteiger partial charge < -0.3 is 15.4 Å². The molecule has 1 aromatic carbocycles. The molecule has 5 nitrogen and oxygen atoms in total. The molecule has 1 aromatic rings. The minimum atomic E-state index is -0.265. The fourth-order valence-electron chi connectivity index (χ4n) is 1.66. The molecular weight excluding hydrogens is 266 g/mol. The van der Waals surface area contributed by atoms with Crippen LogP contribution in [0.5, 0.6) is 5.75 Å². The molecule has 0 aliphatic rings. The topological polar surface area (TPSA) is 74.1 Å². The number of nitrogens with one attached hydrogen (secondary N) is 2. The maximum Gasteiger partial charge on any atom is 0.237 e. The third-order valence-electron chi connectivity index (χ3n) is 2.73. The lowest BCUT2D eigenvalue weighted by molar-refractivity contribution is -0.124. The van der Waals surface area contributed by atoms with E-state index in [4.69, 9.17) is 10.00 Å². The number of nitrogens with zero attached hydrogens (tertiary/aromatic N) is 1. The van der Waals surface area contributed by atoms with Crippen molar-refractivity contribution >= 4 is 5.91 Å². The number of rotatable bonds is 6. The fourth-order valence-corrected chi connectivity index (χ4v) is 1.66. The van der Waals surface area contributed by atoms with Crippen LogP contribution in [0.1, 0.15) is 33.3 Å². The van der Waals surface area contributed by atoms with Gasteiger partial charge in [-0.15, -0.1) is 0 Å². The van der Waals surface area contributed by atoms with Crippen molar-refractivity contribution in [2.45, 2.75) is 45.8 Å². The summed E-state index contributed by atoms with van der Waals surface area (Å²) >= 11 is 0. The van der Waals surface area contributed by atoms with Crippen LogP contribution in [-0.2, 0) is 11.3 Å². The van der Waals surface area contributed by atoms with Crippen LogP contribution in [0.25, 0.3) is 0 Å². The van der Waals surface area contributed by atoms with E-state index in [0.717, 1.165) is 5.56 Å². The molecular formula is C16H23N3O2. The summed E-state index contributed by atoms with van der Waals surface area (Å²) in [5.41, 5.74) is 0.821. The number of carbonyl (C=O) groups excluding carboxylic acids is 1. The summed E-state index contributed by atoms with van der Waals surface area (Å²) < 4.78 is 5.18. The number of hydrogen-bond acceptors (Lipinski definition) is 4. The molecule has 1 atom stereocenters. The van der Waals surface area contributed by atoms with Crippen molar-refractivity contribution in [1.29, 1.82) is 5.26 Å². The van der Waals surface area contributed by atoms with E-state index in [-0.39, 0.29) is 24.1 Å². The smallest absolute Gasteiger partial charge is 0.237 e. The number of amides is 1. The van der Waals surface area contributed by atoms with Crippen LogP contribution in [0, 0.1) is 11.3 Å². The predicted octanol–water partition coefficient (Wildman–Crippen LogP) is 1.98. The standard InChI is InChI=1S/C16H23N3O2/c1-12(15(20)19-16(2,3)4)18-11-13-5-7-14(8-6-13)21-10-9-17/h5-8,12,18H,10-11H2,1-4H3,(H,19,20). The maximum absolute atomic E-state index is 11.9. The second kappa shape index (κ2) is 7.65. The second-order valence-corrected chi connectivity index (χ2v) is 5.93. The van der Waals surface area contributed by atoms with Crippen LogP contribution in [0.15, 0.2) is 24.3 Å². The molecule has 0 fully saturated rings. The minimum absolute atomic E-state index is 0.0172. The molecule has 0 radical (unpaired) electrons. The van der Waals surface area contributed by atoms with Crippen LogP contribution >= 0.6 is 0 Å². The Hall–Kier alpha value is -2.06. The van der Waals surface area contributed by atoms with Gasteiger partial charge in [0, 0.05) is 12.1 Å². The van der Waals surface area contributed by atoms with Gasteiger partial charge in [0.05, 0.1) is 6.04 Å². The van der Waals surface area contributed by atoms with Crippen molar-refractivity contribution < 1.29 is 9.53 Å². The number of nitriles is 1. The van der Waals surface area contributed by atoms with Crippen molar-refractivity contribution in [2.75, 3.05) is 6.61 Å². The lowest BCUT2D eigenvalue weighted by Crippen LogP contribution is -2.49. The molecule has 1 rings (SSSR count). The van der Waals surface area contributed by atoms with Crippen molar-refractivity contribution in [3.8, 4) is 11.8 Å². The lowest BCUT2D eigenvalue weighted by Gasteiger charge is -2.23. The second-order valence-electron chi connectivity index (χ2n) is 5.93. The molecule has 114 valence electrons. The van der Waals surface area contributed by atoms with Gasteiger partial charge in [-0.05, 0) is 45.4 Å². The maximum atomic E-state index is 11.9. The molecule has 0 spiro atoms. The first-order valence-corrected chi connectivity index (χ1v) is 6.96. The van der Waals surface area contributed by atoms with E-state index >= 15 is 0 Å². The van der Waals surface area contributed by atoms with E-state index in [1.165, 1.54) is 0 Å². The Bertz CT molecular complexity index is 498. The fraction of sp³-hybridized carbons (Fsp3) is 0.500. The van der Waals surface area contributed by atoms with Gasteiger partial charge in [0.25, 0.3) is 0 Å². The Morgan fingerprint density at radius 2 is 1.95 bits per heavy atom. The summed E-state index contributed by atoms with van der Waals surface area (Å²) in [6.07, 6.45) is 0. The van der Waals surface area contributed by atoms with E-state index in [1.807, 2.05) is 58.0 Å². The zero-order valence-corrected chi connectivity index (χ0v) is 13.1.